The highest BCUT2D eigenvalue weighted by Crippen LogP contribution is 1.62. The van der Waals surface area contributed by atoms with Crippen molar-refractivity contribution in [2.24, 2.45) is 0 Å². The van der Waals surface area contributed by atoms with Crippen LogP contribution in [0.1, 0.15) is 13.3 Å². The highest BCUT2D eigenvalue weighted by Gasteiger charge is 1.49. The average Bonchev–Trinajstić information content (AvgIpc) is 1.41. The van der Waals surface area contributed by atoms with Crippen molar-refractivity contribution >= 4 is 0 Å². The highest BCUT2D eigenvalue weighted by molar-refractivity contribution is 4.99. The standard InChI is InChI=1S/C5H6/c1-3-5-4-2/h1H,4H2,2H3. The Bertz CT molecular complexity index is 52.2. The molecular formula is C5H6. The van der Waals surface area contributed by atoms with Gasteiger partial charge in [0, 0.05) is 6.42 Å². The zero-order chi connectivity index (χ0) is 4.12. The molecule has 0 aliphatic rings. The Kier molecular flexibility index (Phi) is 3.25. The minimum Gasteiger partial charge on any atom is -0.103 e. The molecule has 0 aromatic rings. The van der Waals surface area contributed by atoms with E-state index in [9.17, 15) is 0 Å². The van der Waals surface area contributed by atoms with Crippen LogP contribution in [0, 0.1) is 18.8 Å². The third-order valence-corrected chi connectivity index (χ3v) is 0.279. The molecular weight excluding hydrogens is 60.1 g/mol. The van der Waals surface area contributed by atoms with Gasteiger partial charge in [0.1, 0.15) is 0 Å². The monoisotopic (exact) mass is 66.0 g/mol. The molecule has 0 unspecified atom stereocenters. The fourth-order valence-corrected chi connectivity index (χ4v) is 0.102. The van der Waals surface area contributed by atoms with Gasteiger partial charge >= 0.3 is 0 Å². The van der Waals surface area contributed by atoms with Crippen molar-refractivity contribution in [3.63, 3.8) is 0 Å². The molecule has 0 nitrogen and oxygen atoms in total. The van der Waals surface area contributed by atoms with Gasteiger partial charge in [0.2, 0.25) is 0 Å². The summed E-state index contributed by atoms with van der Waals surface area (Å²) in [6, 6.07) is 0. The molecule has 0 heterocycles. The van der Waals surface area contributed by atoms with E-state index in [0.29, 0.717) is 0 Å². The van der Waals surface area contributed by atoms with Crippen LogP contribution in [0.25, 0.3) is 0 Å². The predicted octanol–water partition coefficient (Wildman–Crippen LogP) is 1.11. The van der Waals surface area contributed by atoms with E-state index in [4.69, 9.17) is 6.92 Å². The maximum Gasteiger partial charge on any atom is 0.0503 e. The lowest BCUT2D eigenvalue weighted by Gasteiger charge is -1.57. The van der Waals surface area contributed by atoms with Gasteiger partial charge < -0.3 is 0 Å². The molecule has 5 heavy (non-hydrogen) atoms. The Hall–Kier alpha value is -0.440. The first kappa shape index (κ1) is 4.56. The maximum absolute atomic E-state index is 4.78. The summed E-state index contributed by atoms with van der Waals surface area (Å²) in [6.07, 6.45) is 0.858. The molecule has 0 heteroatoms. The summed E-state index contributed by atoms with van der Waals surface area (Å²) in [5, 5.41) is 0. The summed E-state index contributed by atoms with van der Waals surface area (Å²) < 4.78 is 0. The summed E-state index contributed by atoms with van der Waals surface area (Å²) >= 11 is 0. The summed E-state index contributed by atoms with van der Waals surface area (Å²) in [5.74, 6) is 4.91. The van der Waals surface area contributed by atoms with E-state index in [1.165, 1.54) is 0 Å². The molecule has 0 saturated heterocycles. The first-order valence-electron chi connectivity index (χ1n) is 1.60. The van der Waals surface area contributed by atoms with Gasteiger partial charge in [0.15, 0.2) is 0 Å². The molecule has 0 spiro atoms. The molecule has 0 aromatic carbocycles. The van der Waals surface area contributed by atoms with Crippen LogP contribution in [0.3, 0.4) is 0 Å². The van der Waals surface area contributed by atoms with Gasteiger partial charge in [-0.25, -0.2) is 0 Å². The summed E-state index contributed by atoms with van der Waals surface area (Å²) in [6.45, 7) is 6.74. The number of hydrogen-bond donors (Lipinski definition) is 0. The molecule has 0 N–H and O–H groups in total. The van der Waals surface area contributed by atoms with Crippen molar-refractivity contribution in [1.82, 2.24) is 0 Å². The Labute approximate surface area is 33.2 Å². The van der Waals surface area contributed by atoms with Gasteiger partial charge in [-0.3, -0.25) is 0 Å². The molecule has 0 saturated carbocycles. The van der Waals surface area contributed by atoms with Gasteiger partial charge in [-0.05, 0) is 0 Å². The van der Waals surface area contributed by atoms with Crippen molar-refractivity contribution in [1.29, 1.82) is 0 Å². The number of hydrogen-bond acceptors (Lipinski definition) is 0. The first-order chi connectivity index (χ1) is 2.41. The maximum atomic E-state index is 4.78. The minimum absolute atomic E-state index is 0.858. The van der Waals surface area contributed by atoms with Crippen LogP contribution in [0.4, 0.5) is 0 Å². The smallest absolute Gasteiger partial charge is 0.0503 e. The lowest BCUT2D eigenvalue weighted by Crippen LogP contribution is -1.45. The molecule has 0 bridgehead atoms. The second-order valence-electron chi connectivity index (χ2n) is 0.675. The molecule has 0 aromatic heterocycles. The predicted molar refractivity (Wildman–Crippen MR) is 22.4 cm³/mol. The van der Waals surface area contributed by atoms with Crippen LogP contribution in [0.15, 0.2) is 0 Å². The molecule has 0 atom stereocenters. The lowest BCUT2D eigenvalue weighted by molar-refractivity contribution is 1.28. The number of rotatable bonds is 0. The van der Waals surface area contributed by atoms with Crippen LogP contribution < -0.4 is 0 Å². The quantitative estimate of drug-likeness (QED) is 0.371. The molecule has 0 amide bonds. The van der Waals surface area contributed by atoms with Crippen LogP contribution in [-0.4, -0.2) is 0 Å². The fourth-order valence-electron chi connectivity index (χ4n) is 0.102. The molecule has 2 radical (unpaired) electrons. The topological polar surface area (TPSA) is 0 Å². The Balaban J connectivity index is 2.81. The van der Waals surface area contributed by atoms with Gasteiger partial charge in [-0.2, -0.15) is 0 Å². The van der Waals surface area contributed by atoms with Crippen molar-refractivity contribution in [2.75, 3.05) is 0 Å². The van der Waals surface area contributed by atoms with Crippen LogP contribution in [0.5, 0.6) is 0 Å². The second kappa shape index (κ2) is 3.56. The third-order valence-electron chi connectivity index (χ3n) is 0.279. The summed E-state index contributed by atoms with van der Waals surface area (Å²) in [5.41, 5.74) is 0. The molecule has 0 fully saturated rings. The lowest BCUT2D eigenvalue weighted by atomic mass is 10.5. The van der Waals surface area contributed by atoms with Crippen LogP contribution >= 0.6 is 0 Å². The highest BCUT2D eigenvalue weighted by atomic mass is 13.5. The fraction of sp³-hybridized carbons (Fsp3) is 0.400. The molecule has 0 rings (SSSR count). The van der Waals surface area contributed by atoms with Gasteiger partial charge in [-0.15, -0.1) is 5.92 Å². The van der Waals surface area contributed by atoms with E-state index in [1.807, 2.05) is 6.92 Å². The Morgan fingerprint density at radius 2 is 2.40 bits per heavy atom. The zero-order valence-electron chi connectivity index (χ0n) is 3.28. The normalized spacial score (nSPS) is 5.20. The second-order valence-corrected chi connectivity index (χ2v) is 0.675. The van der Waals surface area contributed by atoms with Crippen LogP contribution in [-0.2, 0) is 0 Å². The van der Waals surface area contributed by atoms with E-state index >= 15 is 0 Å². The van der Waals surface area contributed by atoms with Gasteiger partial charge in [-0.1, -0.05) is 12.8 Å². The minimum atomic E-state index is 0.858. The van der Waals surface area contributed by atoms with Crippen molar-refractivity contribution in [3.8, 4) is 11.8 Å². The van der Waals surface area contributed by atoms with Crippen molar-refractivity contribution < 1.29 is 0 Å². The van der Waals surface area contributed by atoms with E-state index < -0.39 is 0 Å². The van der Waals surface area contributed by atoms with E-state index in [0.717, 1.165) is 6.42 Å². The van der Waals surface area contributed by atoms with Crippen molar-refractivity contribution in [2.45, 2.75) is 13.3 Å². The van der Waals surface area contributed by atoms with E-state index in [1.54, 1.807) is 0 Å². The van der Waals surface area contributed by atoms with Crippen LogP contribution in [0.2, 0.25) is 0 Å². The van der Waals surface area contributed by atoms with E-state index in [-0.39, 0.29) is 0 Å². The first-order valence-corrected chi connectivity index (χ1v) is 1.60. The van der Waals surface area contributed by atoms with Crippen molar-refractivity contribution in [3.05, 3.63) is 6.92 Å². The Morgan fingerprint density at radius 3 is 2.40 bits per heavy atom. The Morgan fingerprint density at radius 1 is 1.80 bits per heavy atom. The molecule has 26 valence electrons. The van der Waals surface area contributed by atoms with Gasteiger partial charge in [0.05, 0.1) is 6.92 Å². The van der Waals surface area contributed by atoms with Gasteiger partial charge in [0.25, 0.3) is 0 Å². The molecule has 0 aliphatic heterocycles. The third kappa shape index (κ3) is 3.56. The summed E-state index contributed by atoms with van der Waals surface area (Å²) in [4.78, 5) is 0. The SMILES string of the molecule is [CH]C#CCC. The summed E-state index contributed by atoms with van der Waals surface area (Å²) in [7, 11) is 0. The zero-order valence-corrected chi connectivity index (χ0v) is 3.28. The largest absolute Gasteiger partial charge is 0.103 e. The average molecular weight is 66.1 g/mol. The molecule has 0 aliphatic carbocycles. The van der Waals surface area contributed by atoms with E-state index in [2.05, 4.69) is 11.8 Å².